The van der Waals surface area contributed by atoms with Crippen LogP contribution in [0.5, 0.6) is 0 Å². The molecule has 58 valence electrons. The lowest BCUT2D eigenvalue weighted by molar-refractivity contribution is 0.947. The number of rotatable bonds is 5. The van der Waals surface area contributed by atoms with Crippen LogP contribution in [-0.4, -0.2) is 8.86 Å². The molecule has 0 N–H and O–H groups in total. The van der Waals surface area contributed by atoms with E-state index in [1.807, 2.05) is 0 Å². The fraction of sp³-hybridized carbons (Fsp3) is 0.500. The predicted molar refractivity (Wildman–Crippen MR) is 65.3 cm³/mol. The molecule has 0 spiro atoms. The van der Waals surface area contributed by atoms with Gasteiger partial charge in [-0.05, 0) is 12.8 Å². The zero-order valence-corrected chi connectivity index (χ0v) is 10.3. The number of hydrogen-bond acceptors (Lipinski definition) is 0. The minimum Gasteiger partial charge on any atom is -0.0991 e. The van der Waals surface area contributed by atoms with E-state index in [9.17, 15) is 0 Å². The first-order chi connectivity index (χ1) is 4.70. The summed E-state index contributed by atoms with van der Waals surface area (Å²) in [6, 6.07) is 0. The van der Waals surface area contributed by atoms with Gasteiger partial charge < -0.3 is 0 Å². The summed E-state index contributed by atoms with van der Waals surface area (Å²) in [4.78, 5) is 0. The summed E-state index contributed by atoms with van der Waals surface area (Å²) in [7, 11) is 0. The van der Waals surface area contributed by atoms with Crippen molar-refractivity contribution < 1.29 is 0 Å². The summed E-state index contributed by atoms with van der Waals surface area (Å²) in [5, 5.41) is 0. The Balaban J connectivity index is 3.35. The van der Waals surface area contributed by atoms with Crippen LogP contribution in [0.25, 0.3) is 0 Å². The lowest BCUT2D eigenvalue weighted by atomic mass is 10.1. The monoisotopic (exact) mass is 362 g/mol. The maximum atomic E-state index is 3.93. The Labute approximate surface area is 90.4 Å². The summed E-state index contributed by atoms with van der Waals surface area (Å²) in [6.07, 6.45) is 2.23. The van der Waals surface area contributed by atoms with Crippen LogP contribution in [0.2, 0.25) is 0 Å². The summed E-state index contributed by atoms with van der Waals surface area (Å²) in [5.74, 6) is 0. The van der Waals surface area contributed by atoms with Crippen LogP contribution in [0.1, 0.15) is 12.8 Å². The first-order valence-corrected chi connectivity index (χ1v) is 6.21. The molecule has 0 aliphatic heterocycles. The molecule has 0 saturated heterocycles. The van der Waals surface area contributed by atoms with Gasteiger partial charge in [-0.15, -0.1) is 0 Å². The molecule has 0 aromatic carbocycles. The predicted octanol–water partition coefficient (Wildman–Crippen LogP) is 3.75. The van der Waals surface area contributed by atoms with Crippen molar-refractivity contribution in [2.75, 3.05) is 8.86 Å². The molecule has 0 unspecified atom stereocenters. The van der Waals surface area contributed by atoms with Gasteiger partial charge in [0.1, 0.15) is 0 Å². The van der Waals surface area contributed by atoms with Gasteiger partial charge in [-0.2, -0.15) is 0 Å². The minimum absolute atomic E-state index is 1.08. The van der Waals surface area contributed by atoms with Crippen molar-refractivity contribution in [2.45, 2.75) is 12.8 Å². The van der Waals surface area contributed by atoms with E-state index in [1.54, 1.807) is 0 Å². The second kappa shape index (κ2) is 6.64. The minimum atomic E-state index is 1.08. The van der Waals surface area contributed by atoms with Gasteiger partial charge in [0.15, 0.2) is 0 Å². The number of allylic oxidation sites excluding steroid dienone is 2. The molecule has 0 radical (unpaired) electrons. The normalized spacial score (nSPS) is 9.40. The zero-order valence-electron chi connectivity index (χ0n) is 6.00. The van der Waals surface area contributed by atoms with Gasteiger partial charge in [-0.3, -0.25) is 0 Å². The van der Waals surface area contributed by atoms with Crippen molar-refractivity contribution in [1.82, 2.24) is 0 Å². The topological polar surface area (TPSA) is 0 Å². The van der Waals surface area contributed by atoms with Gasteiger partial charge in [0, 0.05) is 8.86 Å². The van der Waals surface area contributed by atoms with Gasteiger partial charge in [-0.1, -0.05) is 69.5 Å². The van der Waals surface area contributed by atoms with Gasteiger partial charge in [-0.25, -0.2) is 0 Å². The van der Waals surface area contributed by atoms with E-state index in [2.05, 4.69) is 58.3 Å². The highest BCUT2D eigenvalue weighted by Gasteiger charge is 1.94. The Bertz CT molecular complexity index is 111. The molecule has 0 atom stereocenters. The van der Waals surface area contributed by atoms with Crippen molar-refractivity contribution in [3.05, 3.63) is 24.3 Å². The Morgan fingerprint density at radius 2 is 1.20 bits per heavy atom. The van der Waals surface area contributed by atoms with E-state index in [0.29, 0.717) is 0 Å². The number of halogens is 2. The second-order valence-electron chi connectivity index (χ2n) is 2.27. The van der Waals surface area contributed by atoms with Crippen molar-refractivity contribution in [3.63, 3.8) is 0 Å². The molecule has 0 amide bonds. The van der Waals surface area contributed by atoms with Gasteiger partial charge in [0.25, 0.3) is 0 Å². The molecule has 0 aromatic rings. The van der Waals surface area contributed by atoms with E-state index >= 15 is 0 Å². The summed E-state index contributed by atoms with van der Waals surface area (Å²) in [5.41, 5.74) is 2.65. The molecule has 0 aromatic heterocycles. The van der Waals surface area contributed by atoms with E-state index in [1.165, 1.54) is 11.1 Å². The maximum Gasteiger partial charge on any atom is 0.0203 e. The van der Waals surface area contributed by atoms with Crippen LogP contribution in [0.4, 0.5) is 0 Å². The second-order valence-corrected chi connectivity index (χ2v) is 3.79. The van der Waals surface area contributed by atoms with Gasteiger partial charge >= 0.3 is 0 Å². The summed E-state index contributed by atoms with van der Waals surface area (Å²) in [6.45, 7) is 7.86. The summed E-state index contributed by atoms with van der Waals surface area (Å²) >= 11 is 4.68. The third-order valence-electron chi connectivity index (χ3n) is 1.21. The van der Waals surface area contributed by atoms with Crippen LogP contribution >= 0.6 is 45.2 Å². The van der Waals surface area contributed by atoms with Gasteiger partial charge in [0.05, 0.1) is 0 Å². The average molecular weight is 362 g/mol. The molecular weight excluding hydrogens is 350 g/mol. The van der Waals surface area contributed by atoms with Crippen molar-refractivity contribution in [1.29, 1.82) is 0 Å². The van der Waals surface area contributed by atoms with Crippen LogP contribution in [0.15, 0.2) is 24.3 Å². The molecule has 0 aliphatic rings. The average Bonchev–Trinajstić information content (AvgIpc) is 1.99. The lowest BCUT2D eigenvalue weighted by Crippen LogP contribution is -1.86. The van der Waals surface area contributed by atoms with Gasteiger partial charge in [0.2, 0.25) is 0 Å². The van der Waals surface area contributed by atoms with E-state index in [-0.39, 0.29) is 0 Å². The van der Waals surface area contributed by atoms with E-state index < -0.39 is 0 Å². The van der Waals surface area contributed by atoms with E-state index in [0.717, 1.165) is 21.7 Å². The Kier molecular flexibility index (Phi) is 7.26. The number of alkyl halides is 2. The maximum absolute atomic E-state index is 3.93. The quantitative estimate of drug-likeness (QED) is 0.397. The third-order valence-corrected chi connectivity index (χ3v) is 3.37. The SMILES string of the molecule is C=C(CI)CCC(=C)CI. The number of hydrogen-bond donors (Lipinski definition) is 0. The smallest absolute Gasteiger partial charge is 0.0203 e. The van der Waals surface area contributed by atoms with Crippen LogP contribution in [0.3, 0.4) is 0 Å². The molecule has 0 nitrogen and oxygen atoms in total. The van der Waals surface area contributed by atoms with Crippen LogP contribution in [0, 0.1) is 0 Å². The molecule has 0 heterocycles. The largest absolute Gasteiger partial charge is 0.0991 e. The first-order valence-electron chi connectivity index (χ1n) is 3.16. The van der Waals surface area contributed by atoms with Crippen LogP contribution < -0.4 is 0 Å². The van der Waals surface area contributed by atoms with Crippen molar-refractivity contribution in [3.8, 4) is 0 Å². The molecule has 2 heteroatoms. The standard InChI is InChI=1S/C8H12I2/c1-7(5-9)3-4-8(2)6-10/h1-6H2. The molecule has 0 fully saturated rings. The fourth-order valence-electron chi connectivity index (χ4n) is 0.487. The highest BCUT2D eigenvalue weighted by molar-refractivity contribution is 14.1. The lowest BCUT2D eigenvalue weighted by Gasteiger charge is -2.01. The zero-order chi connectivity index (χ0) is 7.98. The van der Waals surface area contributed by atoms with Crippen molar-refractivity contribution >= 4 is 45.2 Å². The molecule has 0 aliphatic carbocycles. The van der Waals surface area contributed by atoms with Crippen LogP contribution in [-0.2, 0) is 0 Å². The molecule has 10 heavy (non-hydrogen) atoms. The first kappa shape index (κ1) is 10.9. The Morgan fingerprint density at radius 3 is 1.40 bits per heavy atom. The summed E-state index contributed by atoms with van der Waals surface area (Å²) < 4.78 is 2.15. The van der Waals surface area contributed by atoms with E-state index in [4.69, 9.17) is 0 Å². The van der Waals surface area contributed by atoms with Crippen molar-refractivity contribution in [2.24, 2.45) is 0 Å². The fourth-order valence-corrected chi connectivity index (χ4v) is 1.25. The molecule has 0 saturated carbocycles. The molecule has 0 rings (SSSR count). The third kappa shape index (κ3) is 5.70. The molecular formula is C8H12I2. The highest BCUT2D eigenvalue weighted by Crippen LogP contribution is 2.12. The Hall–Kier alpha value is 0.940. The molecule has 0 bridgehead atoms. The highest BCUT2D eigenvalue weighted by atomic mass is 127. The Morgan fingerprint density at radius 1 is 0.900 bits per heavy atom.